The van der Waals surface area contributed by atoms with Gasteiger partial charge in [-0.3, -0.25) is 4.79 Å². The number of aromatic nitrogens is 2. The SMILES string of the molecule is COC(=O)CC1(C(=O)OC)Nc2ccc(Cl)cc2-c2c3ccccc3nn21. The number of esters is 2. The first-order chi connectivity index (χ1) is 13.0. The summed E-state index contributed by atoms with van der Waals surface area (Å²) in [5.74, 6) is -1.22. The van der Waals surface area contributed by atoms with Gasteiger partial charge in [-0.2, -0.15) is 5.10 Å². The molecule has 3 aromatic rings. The fraction of sp³-hybridized carbons (Fsp3) is 0.211. The highest BCUT2D eigenvalue weighted by molar-refractivity contribution is 6.31. The molecule has 0 fully saturated rings. The van der Waals surface area contributed by atoms with Crippen molar-refractivity contribution in [2.75, 3.05) is 19.5 Å². The first kappa shape index (κ1) is 17.4. The minimum atomic E-state index is -1.57. The normalized spacial score (nSPS) is 17.6. The molecule has 7 nitrogen and oxygen atoms in total. The minimum Gasteiger partial charge on any atom is -0.469 e. The maximum atomic E-state index is 12.9. The van der Waals surface area contributed by atoms with Gasteiger partial charge in [-0.15, -0.1) is 0 Å². The average Bonchev–Trinajstić information content (AvgIpc) is 3.08. The number of ether oxygens (including phenoxy) is 2. The van der Waals surface area contributed by atoms with Crippen LogP contribution in [0.4, 0.5) is 5.69 Å². The first-order valence-electron chi connectivity index (χ1n) is 8.22. The molecule has 1 N–H and O–H groups in total. The molecule has 1 atom stereocenters. The molecule has 2 heterocycles. The van der Waals surface area contributed by atoms with Crippen LogP contribution in [0.25, 0.3) is 22.2 Å². The van der Waals surface area contributed by atoms with Crippen molar-refractivity contribution < 1.29 is 19.1 Å². The second-order valence-electron chi connectivity index (χ2n) is 6.20. The number of methoxy groups -OCH3 is 2. The highest BCUT2D eigenvalue weighted by Gasteiger charge is 2.50. The van der Waals surface area contributed by atoms with Crippen LogP contribution in [-0.2, 0) is 24.7 Å². The van der Waals surface area contributed by atoms with E-state index in [1.54, 1.807) is 18.2 Å². The van der Waals surface area contributed by atoms with Gasteiger partial charge < -0.3 is 14.8 Å². The molecule has 138 valence electrons. The van der Waals surface area contributed by atoms with Gasteiger partial charge in [0.25, 0.3) is 0 Å². The number of anilines is 1. The highest BCUT2D eigenvalue weighted by atomic mass is 35.5. The maximum Gasteiger partial charge on any atom is 0.355 e. The number of nitrogens with zero attached hydrogens (tertiary/aromatic N) is 2. The van der Waals surface area contributed by atoms with Crippen molar-refractivity contribution in [3.05, 3.63) is 47.5 Å². The molecule has 1 aromatic heterocycles. The van der Waals surface area contributed by atoms with E-state index < -0.39 is 17.6 Å². The van der Waals surface area contributed by atoms with Crippen LogP contribution in [0.2, 0.25) is 5.02 Å². The van der Waals surface area contributed by atoms with E-state index in [4.69, 9.17) is 21.1 Å². The average molecular weight is 386 g/mol. The van der Waals surface area contributed by atoms with Crippen molar-refractivity contribution >= 4 is 40.1 Å². The molecule has 0 spiro atoms. The number of carbonyl (C=O) groups excluding carboxylic acids is 2. The maximum absolute atomic E-state index is 12.9. The Morgan fingerprint density at radius 1 is 1.19 bits per heavy atom. The van der Waals surface area contributed by atoms with E-state index in [1.165, 1.54) is 18.9 Å². The Morgan fingerprint density at radius 2 is 1.96 bits per heavy atom. The predicted octanol–water partition coefficient (Wildman–Crippen LogP) is 3.17. The first-order valence-corrected chi connectivity index (χ1v) is 8.59. The standard InChI is InChI=1S/C19H16ClN3O4/c1-26-16(24)10-19(18(25)27-2)21-14-8-7-11(20)9-13(14)17-12-5-3-4-6-15(12)22-23(17)19/h3-9,21H,10H2,1-2H3. The van der Waals surface area contributed by atoms with Crippen LogP contribution >= 0.6 is 11.6 Å². The summed E-state index contributed by atoms with van der Waals surface area (Å²) in [4.78, 5) is 25.0. The van der Waals surface area contributed by atoms with Gasteiger partial charge in [-0.25, -0.2) is 9.48 Å². The number of carbonyl (C=O) groups is 2. The lowest BCUT2D eigenvalue weighted by molar-refractivity contribution is -0.157. The summed E-state index contributed by atoms with van der Waals surface area (Å²) in [6.07, 6.45) is -0.292. The third-order valence-electron chi connectivity index (χ3n) is 4.67. The topological polar surface area (TPSA) is 82.5 Å². The quantitative estimate of drug-likeness (QED) is 0.697. The van der Waals surface area contributed by atoms with Crippen LogP contribution in [0, 0.1) is 0 Å². The lowest BCUT2D eigenvalue weighted by Gasteiger charge is -2.37. The van der Waals surface area contributed by atoms with E-state index in [2.05, 4.69) is 10.4 Å². The molecule has 0 saturated carbocycles. The fourth-order valence-corrected chi connectivity index (χ4v) is 3.62. The lowest BCUT2D eigenvalue weighted by Crippen LogP contribution is -2.53. The van der Waals surface area contributed by atoms with Crippen LogP contribution in [0.15, 0.2) is 42.5 Å². The van der Waals surface area contributed by atoms with Gasteiger partial charge in [0.1, 0.15) is 6.42 Å². The highest BCUT2D eigenvalue weighted by Crippen LogP contribution is 2.44. The number of nitrogens with one attached hydrogen (secondary N) is 1. The van der Waals surface area contributed by atoms with Crippen LogP contribution in [-0.4, -0.2) is 35.9 Å². The smallest absolute Gasteiger partial charge is 0.355 e. The summed E-state index contributed by atoms with van der Waals surface area (Å²) in [6, 6.07) is 12.8. The van der Waals surface area contributed by atoms with Crippen LogP contribution in [0.3, 0.4) is 0 Å². The molecule has 27 heavy (non-hydrogen) atoms. The summed E-state index contributed by atoms with van der Waals surface area (Å²) in [7, 11) is 2.54. The monoisotopic (exact) mass is 385 g/mol. The summed E-state index contributed by atoms with van der Waals surface area (Å²) < 4.78 is 11.4. The number of hydrogen-bond donors (Lipinski definition) is 1. The molecule has 0 saturated heterocycles. The predicted molar refractivity (Wildman–Crippen MR) is 100 cm³/mol. The molecule has 4 rings (SSSR count). The van der Waals surface area contributed by atoms with Gasteiger partial charge >= 0.3 is 11.9 Å². The lowest BCUT2D eigenvalue weighted by atomic mass is 9.96. The van der Waals surface area contributed by atoms with E-state index >= 15 is 0 Å². The van der Waals surface area contributed by atoms with Gasteiger partial charge in [0, 0.05) is 21.7 Å². The van der Waals surface area contributed by atoms with Crippen molar-refractivity contribution in [1.82, 2.24) is 9.78 Å². The molecule has 1 unspecified atom stereocenters. The molecule has 8 heteroatoms. The third kappa shape index (κ3) is 2.54. The molecule has 0 bridgehead atoms. The fourth-order valence-electron chi connectivity index (χ4n) is 3.44. The van der Waals surface area contributed by atoms with Crippen LogP contribution < -0.4 is 5.32 Å². The Hall–Kier alpha value is -3.06. The molecule has 2 aromatic carbocycles. The molecule has 0 aliphatic carbocycles. The molecular weight excluding hydrogens is 370 g/mol. The third-order valence-corrected chi connectivity index (χ3v) is 4.90. The van der Waals surface area contributed by atoms with Crippen molar-refractivity contribution in [1.29, 1.82) is 0 Å². The second kappa shape index (κ2) is 6.28. The largest absolute Gasteiger partial charge is 0.469 e. The summed E-state index contributed by atoms with van der Waals surface area (Å²) in [5, 5.41) is 9.11. The van der Waals surface area contributed by atoms with Gasteiger partial charge in [0.2, 0.25) is 5.66 Å². The van der Waals surface area contributed by atoms with Gasteiger partial charge in [0.05, 0.1) is 25.4 Å². The van der Waals surface area contributed by atoms with Crippen molar-refractivity contribution in [2.45, 2.75) is 12.1 Å². The Morgan fingerprint density at radius 3 is 2.70 bits per heavy atom. The van der Waals surface area contributed by atoms with Gasteiger partial charge in [0.15, 0.2) is 0 Å². The van der Waals surface area contributed by atoms with E-state index in [-0.39, 0.29) is 6.42 Å². The Kier molecular flexibility index (Phi) is 4.04. The second-order valence-corrected chi connectivity index (χ2v) is 6.63. The zero-order chi connectivity index (χ0) is 19.2. The van der Waals surface area contributed by atoms with Crippen molar-refractivity contribution in [3.63, 3.8) is 0 Å². The van der Waals surface area contributed by atoms with Crippen molar-refractivity contribution in [3.8, 4) is 11.3 Å². The Balaban J connectivity index is 2.08. The van der Waals surface area contributed by atoms with E-state index in [0.29, 0.717) is 21.9 Å². The number of fused-ring (bicyclic) bond motifs is 5. The van der Waals surface area contributed by atoms with E-state index in [9.17, 15) is 9.59 Å². The van der Waals surface area contributed by atoms with Gasteiger partial charge in [-0.05, 0) is 24.3 Å². The van der Waals surface area contributed by atoms with Gasteiger partial charge in [-0.1, -0.05) is 29.8 Å². The zero-order valence-corrected chi connectivity index (χ0v) is 15.4. The van der Waals surface area contributed by atoms with Crippen molar-refractivity contribution in [2.24, 2.45) is 0 Å². The number of hydrogen-bond acceptors (Lipinski definition) is 6. The molecular formula is C19H16ClN3O4. The number of halogens is 1. The molecule has 0 radical (unpaired) electrons. The summed E-state index contributed by atoms with van der Waals surface area (Å²) in [5.41, 5.74) is 1.21. The van der Waals surface area contributed by atoms with Crippen LogP contribution in [0.1, 0.15) is 6.42 Å². The summed E-state index contributed by atoms with van der Waals surface area (Å²) in [6.45, 7) is 0. The van der Waals surface area contributed by atoms with Crippen LogP contribution in [0.5, 0.6) is 0 Å². The zero-order valence-electron chi connectivity index (χ0n) is 14.7. The Bertz CT molecular complexity index is 1080. The molecule has 1 aliphatic rings. The number of rotatable bonds is 3. The Labute approximate surface area is 159 Å². The minimum absolute atomic E-state index is 0.292. The summed E-state index contributed by atoms with van der Waals surface area (Å²) >= 11 is 6.21. The number of benzene rings is 2. The molecule has 1 aliphatic heterocycles. The van der Waals surface area contributed by atoms with E-state index in [0.717, 1.165) is 10.9 Å². The molecule has 0 amide bonds. The van der Waals surface area contributed by atoms with E-state index in [1.807, 2.05) is 24.3 Å².